The Morgan fingerprint density at radius 2 is 1.56 bits per heavy atom. The van der Waals surface area contributed by atoms with Crippen molar-refractivity contribution in [2.24, 2.45) is 0 Å². The van der Waals surface area contributed by atoms with E-state index in [4.69, 9.17) is 14.6 Å². The minimum absolute atomic E-state index is 0.0189. The van der Waals surface area contributed by atoms with Crippen LogP contribution in [0, 0.1) is 0 Å². The Morgan fingerprint density at radius 3 is 2.04 bits per heavy atom. The zero-order chi connectivity index (χ0) is 20.7. The molecule has 1 aromatic heterocycles. The normalized spacial score (nSPS) is 11.0. The molecule has 1 aromatic rings. The number of nitrogens with zero attached hydrogens (tertiary/aromatic N) is 1. The molecule has 0 aliphatic carbocycles. The van der Waals surface area contributed by atoms with Gasteiger partial charge in [0.05, 0.1) is 24.3 Å². The number of carbonyl (C=O) groups is 4. The molecule has 0 aliphatic heterocycles. The first-order valence-corrected chi connectivity index (χ1v) is 7.99. The Balaban J connectivity index is 3.77. The molecular weight excluding hydrogens is 362 g/mol. The Kier molecular flexibility index (Phi) is 7.46. The number of hydrogen-bond donors (Lipinski definition) is 2. The number of ether oxygens (including phenoxy) is 2. The second-order valence-electron chi connectivity index (χ2n) is 5.01. The lowest BCUT2D eigenvalue weighted by atomic mass is 10.1. The van der Waals surface area contributed by atoms with Gasteiger partial charge < -0.3 is 24.3 Å². The summed E-state index contributed by atoms with van der Waals surface area (Å²) in [6.07, 6.45) is 0.331. The number of aliphatic carboxylic acids is 1. The zero-order valence-electron chi connectivity index (χ0n) is 15.0. The van der Waals surface area contributed by atoms with Crippen molar-refractivity contribution in [3.05, 3.63) is 45.1 Å². The molecule has 0 bridgehead atoms. The number of hydrogen-bond acceptors (Lipinski definition) is 8. The van der Waals surface area contributed by atoms with Crippen LogP contribution in [-0.4, -0.2) is 51.7 Å². The lowest BCUT2D eigenvalue weighted by molar-refractivity contribution is -0.135. The molecule has 0 unspecified atom stereocenters. The molecule has 27 heavy (non-hydrogen) atoms. The van der Waals surface area contributed by atoms with Gasteiger partial charge in [-0.15, -0.1) is 0 Å². The molecule has 0 saturated carbocycles. The highest BCUT2D eigenvalue weighted by Crippen LogP contribution is 2.14. The third-order valence-electron chi connectivity index (χ3n) is 3.32. The van der Waals surface area contributed by atoms with Crippen molar-refractivity contribution in [3.8, 4) is 0 Å². The Bertz CT molecular complexity index is 864. The summed E-state index contributed by atoms with van der Waals surface area (Å²) in [4.78, 5) is 59.9. The summed E-state index contributed by atoms with van der Waals surface area (Å²) in [6.45, 7) is 4.42. The van der Waals surface area contributed by atoms with E-state index in [-0.39, 0.29) is 31.0 Å². The lowest BCUT2D eigenvalue weighted by Gasteiger charge is -2.15. The number of pyridine rings is 1. The topological polar surface area (TPSA) is 149 Å². The molecular formula is C17H19NO9. The molecule has 10 nitrogen and oxygen atoms in total. The number of esters is 2. The van der Waals surface area contributed by atoms with Gasteiger partial charge in [-0.3, -0.25) is 9.59 Å². The number of rotatable bonds is 8. The molecule has 0 aliphatic rings. The Morgan fingerprint density at radius 1 is 1.00 bits per heavy atom. The van der Waals surface area contributed by atoms with Crippen LogP contribution in [0.4, 0.5) is 0 Å². The first-order chi connectivity index (χ1) is 12.7. The van der Waals surface area contributed by atoms with E-state index in [1.807, 2.05) is 0 Å². The summed E-state index contributed by atoms with van der Waals surface area (Å²) in [5, 5.41) is 17.9. The summed E-state index contributed by atoms with van der Waals surface area (Å²) < 4.78 is 10.6. The number of carboxylic acid groups (broad SMARTS) is 1. The Hall–Kier alpha value is -3.43. The maximum absolute atomic E-state index is 12.6. The molecule has 146 valence electrons. The van der Waals surface area contributed by atoms with Crippen LogP contribution < -0.4 is 5.56 Å². The highest BCUT2D eigenvalue weighted by molar-refractivity contribution is 6.10. The van der Waals surface area contributed by atoms with Gasteiger partial charge in [0.25, 0.3) is 5.56 Å². The smallest absolute Gasteiger partial charge is 0.371 e. The maximum atomic E-state index is 12.6. The van der Waals surface area contributed by atoms with Gasteiger partial charge in [-0.25, -0.2) is 14.4 Å². The monoisotopic (exact) mass is 381 g/mol. The fourth-order valence-electron chi connectivity index (χ4n) is 2.19. The van der Waals surface area contributed by atoms with Crippen molar-refractivity contribution in [1.82, 2.24) is 4.57 Å². The third-order valence-corrected chi connectivity index (χ3v) is 3.32. The summed E-state index contributed by atoms with van der Waals surface area (Å²) in [7, 11) is 0. The average molecular weight is 381 g/mol. The van der Waals surface area contributed by atoms with Crippen molar-refractivity contribution < 1.29 is 38.9 Å². The zero-order valence-corrected chi connectivity index (χ0v) is 15.0. The van der Waals surface area contributed by atoms with Gasteiger partial charge in [0.2, 0.25) is 5.76 Å². The molecule has 1 rings (SSSR count). The van der Waals surface area contributed by atoms with Gasteiger partial charge >= 0.3 is 17.9 Å². The van der Waals surface area contributed by atoms with Gasteiger partial charge in [0, 0.05) is 12.6 Å². The first kappa shape index (κ1) is 21.6. The van der Waals surface area contributed by atoms with Gasteiger partial charge in [-0.2, -0.15) is 0 Å². The maximum Gasteiger partial charge on any atom is 0.371 e. The molecule has 0 spiro atoms. The van der Waals surface area contributed by atoms with Crippen LogP contribution in [0.3, 0.4) is 0 Å². The highest BCUT2D eigenvalue weighted by atomic mass is 16.5. The van der Waals surface area contributed by atoms with E-state index < -0.39 is 40.6 Å². The highest BCUT2D eigenvalue weighted by Gasteiger charge is 2.28. The van der Waals surface area contributed by atoms with E-state index in [9.17, 15) is 29.1 Å². The molecule has 1 heterocycles. The first-order valence-electron chi connectivity index (χ1n) is 7.99. The largest absolute Gasteiger partial charge is 0.502 e. The SMILES string of the molecule is CCOC(=O)c1cc(C(=O)C=C(O)C(=O)O)c(=O)n(CC)c1C(=O)OCC. The van der Waals surface area contributed by atoms with E-state index in [0.29, 0.717) is 6.08 Å². The summed E-state index contributed by atoms with van der Waals surface area (Å²) in [5.74, 6) is -6.13. The van der Waals surface area contributed by atoms with Gasteiger partial charge in [-0.1, -0.05) is 0 Å². The number of carboxylic acids is 1. The van der Waals surface area contributed by atoms with Crippen molar-refractivity contribution >= 4 is 23.7 Å². The quantitative estimate of drug-likeness (QED) is 0.290. The summed E-state index contributed by atoms with van der Waals surface area (Å²) >= 11 is 0. The van der Waals surface area contributed by atoms with Crippen LogP contribution in [0.25, 0.3) is 0 Å². The molecule has 0 fully saturated rings. The van der Waals surface area contributed by atoms with Crippen LogP contribution in [0.15, 0.2) is 22.7 Å². The molecule has 10 heteroatoms. The van der Waals surface area contributed by atoms with Crippen LogP contribution >= 0.6 is 0 Å². The average Bonchev–Trinajstić information content (AvgIpc) is 2.61. The predicted molar refractivity (Wildman–Crippen MR) is 91.0 cm³/mol. The minimum atomic E-state index is -1.77. The number of aromatic nitrogens is 1. The fourth-order valence-corrected chi connectivity index (χ4v) is 2.19. The van der Waals surface area contributed by atoms with E-state index in [1.54, 1.807) is 0 Å². The van der Waals surface area contributed by atoms with Crippen LogP contribution in [0.2, 0.25) is 0 Å². The fraction of sp³-hybridized carbons (Fsp3) is 0.353. The van der Waals surface area contributed by atoms with E-state index >= 15 is 0 Å². The van der Waals surface area contributed by atoms with Crippen LogP contribution in [-0.2, 0) is 20.8 Å². The van der Waals surface area contributed by atoms with Gasteiger partial charge in [0.15, 0.2) is 5.78 Å². The molecule has 2 N–H and O–H groups in total. The number of carbonyl (C=O) groups excluding carboxylic acids is 3. The van der Waals surface area contributed by atoms with Crippen LogP contribution in [0.5, 0.6) is 0 Å². The summed E-state index contributed by atoms with van der Waals surface area (Å²) in [6, 6.07) is 0.826. The number of aliphatic hydroxyl groups is 1. The summed E-state index contributed by atoms with van der Waals surface area (Å²) in [5.41, 5.74) is -2.33. The van der Waals surface area contributed by atoms with Gasteiger partial charge in [0.1, 0.15) is 5.69 Å². The second-order valence-corrected chi connectivity index (χ2v) is 5.01. The van der Waals surface area contributed by atoms with Crippen molar-refractivity contribution in [2.75, 3.05) is 13.2 Å². The van der Waals surface area contributed by atoms with E-state index in [2.05, 4.69) is 0 Å². The molecule has 0 aromatic carbocycles. The molecule has 0 radical (unpaired) electrons. The number of ketones is 1. The molecule has 0 atom stereocenters. The molecule has 0 amide bonds. The lowest BCUT2D eigenvalue weighted by Crippen LogP contribution is -2.33. The number of allylic oxidation sites excluding steroid dienone is 1. The Labute approximate surface area is 153 Å². The van der Waals surface area contributed by atoms with E-state index in [1.165, 1.54) is 20.8 Å². The number of aliphatic hydroxyl groups excluding tert-OH is 1. The van der Waals surface area contributed by atoms with E-state index in [0.717, 1.165) is 10.6 Å². The third kappa shape index (κ3) is 4.81. The second kappa shape index (κ2) is 9.32. The molecule has 0 saturated heterocycles. The van der Waals surface area contributed by atoms with Crippen LogP contribution in [0.1, 0.15) is 52.0 Å². The van der Waals surface area contributed by atoms with Gasteiger partial charge in [-0.05, 0) is 26.8 Å². The van der Waals surface area contributed by atoms with Crippen molar-refractivity contribution in [1.29, 1.82) is 0 Å². The predicted octanol–water partition coefficient (Wildman–Crippen LogP) is 0.931. The minimum Gasteiger partial charge on any atom is -0.502 e. The standard InChI is InChI=1S/C17H19NO9/c1-4-18-13(17(25)27-6-3)10(16(24)26-5-2)7-9(14(18)21)11(19)8-12(20)15(22)23/h7-8,20H,4-6H2,1-3H3,(H,22,23). The van der Waals surface area contributed by atoms with Crippen molar-refractivity contribution in [2.45, 2.75) is 27.3 Å². The van der Waals surface area contributed by atoms with Crippen molar-refractivity contribution in [3.63, 3.8) is 0 Å².